The molecular weight excluding hydrogens is 424 g/mol. The molecule has 0 atom stereocenters. The van der Waals surface area contributed by atoms with E-state index < -0.39 is 4.92 Å². The van der Waals surface area contributed by atoms with Gasteiger partial charge in [0.05, 0.1) is 4.92 Å². The van der Waals surface area contributed by atoms with Gasteiger partial charge in [-0.2, -0.15) is 4.98 Å². The molecule has 26 heavy (non-hydrogen) atoms. The number of ether oxygens (including phenoxy) is 1. The van der Waals surface area contributed by atoms with Gasteiger partial charge in [-0.05, 0) is 55.0 Å². The lowest BCUT2D eigenvalue weighted by Crippen LogP contribution is -2.03. The van der Waals surface area contributed by atoms with Gasteiger partial charge in [-0.3, -0.25) is 10.1 Å². The fourth-order valence-electron chi connectivity index (χ4n) is 2.16. The molecule has 0 amide bonds. The normalized spacial score (nSPS) is 10.4. The third-order valence-electron chi connectivity index (χ3n) is 3.42. The summed E-state index contributed by atoms with van der Waals surface area (Å²) in [4.78, 5) is 18.9. The van der Waals surface area contributed by atoms with Gasteiger partial charge in [0.15, 0.2) is 0 Å². The molecule has 2 aromatic carbocycles. The number of nitrogens with one attached hydrogen (secondary N) is 1. The highest BCUT2D eigenvalue weighted by Crippen LogP contribution is 2.36. The Labute approximate surface area is 162 Å². The number of nitrogens with zero attached hydrogens (tertiary/aromatic N) is 3. The van der Waals surface area contributed by atoms with Crippen LogP contribution in [-0.2, 0) is 0 Å². The standard InChI is InChI=1S/C17H12BrClN4O3/c1-10-8-13(6-7-14(10)19)26-17-15(23(24)25)16(20-9-21-17)22-12-4-2-11(18)3-5-12/h2-9H,1H3,(H,20,21,22). The second-order valence-corrected chi connectivity index (χ2v) is 6.60. The van der Waals surface area contributed by atoms with Gasteiger partial charge in [0.1, 0.15) is 12.1 Å². The second kappa shape index (κ2) is 7.67. The first-order chi connectivity index (χ1) is 12.4. The van der Waals surface area contributed by atoms with Gasteiger partial charge in [0.25, 0.3) is 0 Å². The number of halogens is 2. The van der Waals surface area contributed by atoms with Crippen molar-refractivity contribution in [1.82, 2.24) is 9.97 Å². The van der Waals surface area contributed by atoms with E-state index in [9.17, 15) is 10.1 Å². The van der Waals surface area contributed by atoms with Gasteiger partial charge < -0.3 is 10.1 Å². The topological polar surface area (TPSA) is 90.2 Å². The Morgan fingerprint density at radius 2 is 1.92 bits per heavy atom. The molecule has 0 unspecified atom stereocenters. The molecule has 9 heteroatoms. The average molecular weight is 436 g/mol. The van der Waals surface area contributed by atoms with Crippen LogP contribution in [0.25, 0.3) is 0 Å². The Morgan fingerprint density at radius 3 is 2.58 bits per heavy atom. The van der Waals surface area contributed by atoms with Crippen LogP contribution in [0.4, 0.5) is 17.2 Å². The molecule has 0 radical (unpaired) electrons. The number of hydrogen-bond acceptors (Lipinski definition) is 6. The lowest BCUT2D eigenvalue weighted by Gasteiger charge is -2.10. The van der Waals surface area contributed by atoms with Crippen molar-refractivity contribution in [1.29, 1.82) is 0 Å². The molecule has 0 saturated heterocycles. The Bertz CT molecular complexity index is 967. The number of rotatable bonds is 5. The van der Waals surface area contributed by atoms with Crippen molar-refractivity contribution in [3.63, 3.8) is 0 Å². The number of aromatic nitrogens is 2. The Balaban J connectivity index is 1.96. The fraction of sp³-hybridized carbons (Fsp3) is 0.0588. The first-order valence-electron chi connectivity index (χ1n) is 7.40. The van der Waals surface area contributed by atoms with Crippen molar-refractivity contribution in [3.8, 4) is 11.6 Å². The molecule has 3 rings (SSSR count). The molecule has 1 aromatic heterocycles. The third kappa shape index (κ3) is 4.09. The molecule has 0 fully saturated rings. The second-order valence-electron chi connectivity index (χ2n) is 5.28. The minimum atomic E-state index is -0.584. The first kappa shape index (κ1) is 18.1. The van der Waals surface area contributed by atoms with Crippen molar-refractivity contribution >= 4 is 44.7 Å². The van der Waals surface area contributed by atoms with E-state index in [1.165, 1.54) is 6.33 Å². The van der Waals surface area contributed by atoms with Gasteiger partial charge in [-0.25, -0.2) is 4.98 Å². The van der Waals surface area contributed by atoms with E-state index >= 15 is 0 Å². The highest BCUT2D eigenvalue weighted by Gasteiger charge is 2.25. The van der Waals surface area contributed by atoms with Crippen LogP contribution in [0.3, 0.4) is 0 Å². The predicted octanol–water partition coefficient (Wildman–Crippen LogP) is 5.65. The lowest BCUT2D eigenvalue weighted by atomic mass is 10.2. The molecule has 3 aromatic rings. The van der Waals surface area contributed by atoms with Crippen molar-refractivity contribution in [2.24, 2.45) is 0 Å². The summed E-state index contributed by atoms with van der Waals surface area (Å²) in [6.45, 7) is 1.81. The van der Waals surface area contributed by atoms with Gasteiger partial charge in [0.2, 0.25) is 5.82 Å². The molecule has 0 spiro atoms. The SMILES string of the molecule is Cc1cc(Oc2ncnc(Nc3ccc(Br)cc3)c2[N+](=O)[O-])ccc1Cl. The summed E-state index contributed by atoms with van der Waals surface area (Å²) in [7, 11) is 0. The van der Waals surface area contributed by atoms with Crippen LogP contribution in [0.1, 0.15) is 5.56 Å². The van der Waals surface area contributed by atoms with Crippen molar-refractivity contribution in [2.75, 3.05) is 5.32 Å². The van der Waals surface area contributed by atoms with Crippen LogP contribution in [0.5, 0.6) is 11.6 Å². The Kier molecular flexibility index (Phi) is 5.34. The zero-order valence-corrected chi connectivity index (χ0v) is 15.8. The molecule has 0 bridgehead atoms. The minimum Gasteiger partial charge on any atom is -0.434 e. The van der Waals surface area contributed by atoms with Crippen molar-refractivity contribution in [2.45, 2.75) is 6.92 Å². The largest absolute Gasteiger partial charge is 0.434 e. The molecule has 0 saturated carbocycles. The molecule has 0 aliphatic rings. The van der Waals surface area contributed by atoms with Crippen LogP contribution in [0.2, 0.25) is 5.02 Å². The van der Waals surface area contributed by atoms with E-state index in [0.29, 0.717) is 16.5 Å². The molecule has 0 aliphatic heterocycles. The maximum atomic E-state index is 11.6. The van der Waals surface area contributed by atoms with Gasteiger partial charge in [-0.1, -0.05) is 27.5 Å². The van der Waals surface area contributed by atoms with Crippen LogP contribution in [-0.4, -0.2) is 14.9 Å². The zero-order chi connectivity index (χ0) is 18.7. The molecule has 7 nitrogen and oxygen atoms in total. The summed E-state index contributed by atoms with van der Waals surface area (Å²) in [5.74, 6) is 0.266. The lowest BCUT2D eigenvalue weighted by molar-refractivity contribution is -0.385. The number of anilines is 2. The average Bonchev–Trinajstić information content (AvgIpc) is 2.60. The third-order valence-corrected chi connectivity index (χ3v) is 4.37. The van der Waals surface area contributed by atoms with Gasteiger partial charge in [0, 0.05) is 15.2 Å². The summed E-state index contributed by atoms with van der Waals surface area (Å²) >= 11 is 9.33. The molecule has 132 valence electrons. The van der Waals surface area contributed by atoms with Crippen LogP contribution in [0, 0.1) is 17.0 Å². The highest BCUT2D eigenvalue weighted by atomic mass is 79.9. The van der Waals surface area contributed by atoms with E-state index in [4.69, 9.17) is 16.3 Å². The maximum absolute atomic E-state index is 11.6. The molecule has 1 heterocycles. The van der Waals surface area contributed by atoms with Crippen LogP contribution < -0.4 is 10.1 Å². The highest BCUT2D eigenvalue weighted by molar-refractivity contribution is 9.10. The van der Waals surface area contributed by atoms with Crippen molar-refractivity contribution < 1.29 is 9.66 Å². The maximum Gasteiger partial charge on any atom is 0.373 e. The monoisotopic (exact) mass is 434 g/mol. The van der Waals surface area contributed by atoms with Crippen molar-refractivity contribution in [3.05, 3.63) is 74.0 Å². The van der Waals surface area contributed by atoms with Gasteiger partial charge in [-0.15, -0.1) is 0 Å². The van der Waals surface area contributed by atoms with Gasteiger partial charge >= 0.3 is 11.6 Å². The summed E-state index contributed by atoms with van der Waals surface area (Å²) in [6, 6.07) is 12.1. The van der Waals surface area contributed by atoms with Crippen LogP contribution in [0.15, 0.2) is 53.3 Å². The number of nitro groups is 1. The summed E-state index contributed by atoms with van der Waals surface area (Å²) in [6.07, 6.45) is 1.20. The predicted molar refractivity (Wildman–Crippen MR) is 102 cm³/mol. The summed E-state index contributed by atoms with van der Waals surface area (Å²) < 4.78 is 6.50. The number of benzene rings is 2. The van der Waals surface area contributed by atoms with E-state index in [1.54, 1.807) is 30.3 Å². The summed E-state index contributed by atoms with van der Waals surface area (Å²) in [5, 5.41) is 15.1. The Morgan fingerprint density at radius 1 is 1.19 bits per heavy atom. The zero-order valence-electron chi connectivity index (χ0n) is 13.4. The van der Waals surface area contributed by atoms with E-state index in [0.717, 1.165) is 10.0 Å². The van der Waals surface area contributed by atoms with E-state index in [2.05, 4.69) is 31.2 Å². The molecule has 1 N–H and O–H groups in total. The van der Waals surface area contributed by atoms with Crippen LogP contribution >= 0.6 is 27.5 Å². The summed E-state index contributed by atoms with van der Waals surface area (Å²) in [5.41, 5.74) is 1.07. The van der Waals surface area contributed by atoms with E-state index in [-0.39, 0.29) is 17.4 Å². The quantitative estimate of drug-likeness (QED) is 0.412. The minimum absolute atomic E-state index is 0.0352. The molecular formula is C17H12BrClN4O3. The Hall–Kier alpha value is -2.71. The fourth-order valence-corrected chi connectivity index (χ4v) is 2.54. The van der Waals surface area contributed by atoms with E-state index in [1.807, 2.05) is 19.1 Å². The first-order valence-corrected chi connectivity index (χ1v) is 8.57. The molecule has 0 aliphatic carbocycles. The number of hydrogen-bond donors (Lipinski definition) is 1. The number of aryl methyl sites for hydroxylation is 1. The smallest absolute Gasteiger partial charge is 0.373 e.